The van der Waals surface area contributed by atoms with Gasteiger partial charge in [0, 0.05) is 5.02 Å². The summed E-state index contributed by atoms with van der Waals surface area (Å²) in [6.07, 6.45) is -0.179. The number of alkyl halides is 1. The number of esters is 1. The van der Waals surface area contributed by atoms with Crippen LogP contribution >= 0.6 is 23.2 Å². The zero-order valence-corrected chi connectivity index (χ0v) is 10.0. The zero-order valence-electron chi connectivity index (χ0n) is 8.54. The molecule has 1 aromatic rings. The average molecular weight is 247 g/mol. The summed E-state index contributed by atoms with van der Waals surface area (Å²) in [4.78, 5) is 11.5. The van der Waals surface area contributed by atoms with Gasteiger partial charge in [-0.3, -0.25) is 4.79 Å². The molecule has 0 heterocycles. The lowest BCUT2D eigenvalue weighted by atomic mass is 10.1. The highest BCUT2D eigenvalue weighted by atomic mass is 35.5. The minimum absolute atomic E-state index is 0.179. The van der Waals surface area contributed by atoms with Crippen LogP contribution in [-0.2, 0) is 9.53 Å². The molecule has 0 spiro atoms. The second-order valence-electron chi connectivity index (χ2n) is 3.37. The van der Waals surface area contributed by atoms with Crippen molar-refractivity contribution in [2.75, 3.05) is 0 Å². The topological polar surface area (TPSA) is 26.3 Å². The van der Waals surface area contributed by atoms with Crippen molar-refractivity contribution in [2.45, 2.75) is 25.3 Å². The van der Waals surface area contributed by atoms with Crippen LogP contribution in [0.5, 0.6) is 0 Å². The number of hydrogen-bond acceptors (Lipinski definition) is 2. The predicted octanol–water partition coefficient (Wildman–Crippen LogP) is 3.57. The average Bonchev–Trinajstić information content (AvgIpc) is 2.16. The standard InChI is InChI=1S/C11H12Cl2O2/c1-7(2)15-11(14)10(13)8-5-3-4-6-9(8)12/h3-7,10H,1-2H3. The van der Waals surface area contributed by atoms with Crippen molar-refractivity contribution in [1.82, 2.24) is 0 Å². The summed E-state index contributed by atoms with van der Waals surface area (Å²) >= 11 is 11.9. The van der Waals surface area contributed by atoms with Crippen molar-refractivity contribution < 1.29 is 9.53 Å². The van der Waals surface area contributed by atoms with Crippen LogP contribution in [0.2, 0.25) is 5.02 Å². The second kappa shape index (κ2) is 5.38. The summed E-state index contributed by atoms with van der Waals surface area (Å²) in [5.74, 6) is -0.472. The first-order chi connectivity index (χ1) is 7.02. The van der Waals surface area contributed by atoms with Gasteiger partial charge in [-0.15, -0.1) is 11.6 Å². The van der Waals surface area contributed by atoms with Gasteiger partial charge in [-0.05, 0) is 25.5 Å². The molecule has 0 aliphatic heterocycles. The van der Waals surface area contributed by atoms with E-state index in [0.29, 0.717) is 10.6 Å². The Hall–Kier alpha value is -0.730. The molecule has 1 unspecified atom stereocenters. The van der Waals surface area contributed by atoms with Crippen molar-refractivity contribution in [3.63, 3.8) is 0 Å². The molecular weight excluding hydrogens is 235 g/mol. The van der Waals surface area contributed by atoms with E-state index in [0.717, 1.165) is 0 Å². The van der Waals surface area contributed by atoms with Crippen LogP contribution < -0.4 is 0 Å². The van der Waals surface area contributed by atoms with Gasteiger partial charge in [-0.2, -0.15) is 0 Å². The molecule has 0 aromatic heterocycles. The molecule has 4 heteroatoms. The van der Waals surface area contributed by atoms with Crippen LogP contribution in [0.25, 0.3) is 0 Å². The molecule has 0 radical (unpaired) electrons. The molecule has 1 rings (SSSR count). The van der Waals surface area contributed by atoms with Gasteiger partial charge in [-0.25, -0.2) is 0 Å². The summed E-state index contributed by atoms with van der Waals surface area (Å²) in [7, 11) is 0. The number of carbonyl (C=O) groups is 1. The van der Waals surface area contributed by atoms with Gasteiger partial charge in [-0.1, -0.05) is 29.8 Å². The molecule has 0 saturated heterocycles. The predicted molar refractivity (Wildman–Crippen MR) is 61.3 cm³/mol. The molecule has 1 aromatic carbocycles. The third kappa shape index (κ3) is 3.40. The van der Waals surface area contributed by atoms with Crippen molar-refractivity contribution >= 4 is 29.2 Å². The normalized spacial score (nSPS) is 12.6. The zero-order chi connectivity index (χ0) is 11.4. The molecule has 0 fully saturated rings. The van der Waals surface area contributed by atoms with Gasteiger partial charge < -0.3 is 4.74 Å². The fourth-order valence-electron chi connectivity index (χ4n) is 1.10. The Balaban J connectivity index is 2.81. The largest absolute Gasteiger partial charge is 0.462 e. The van der Waals surface area contributed by atoms with Crippen molar-refractivity contribution in [1.29, 1.82) is 0 Å². The number of halogens is 2. The monoisotopic (exact) mass is 246 g/mol. The molecule has 0 aliphatic rings. The SMILES string of the molecule is CC(C)OC(=O)C(Cl)c1ccccc1Cl. The van der Waals surface area contributed by atoms with E-state index in [-0.39, 0.29) is 6.10 Å². The van der Waals surface area contributed by atoms with E-state index in [9.17, 15) is 4.79 Å². The van der Waals surface area contributed by atoms with Crippen molar-refractivity contribution in [2.24, 2.45) is 0 Å². The maximum absolute atomic E-state index is 11.5. The van der Waals surface area contributed by atoms with Crippen LogP contribution in [0.1, 0.15) is 24.8 Å². The van der Waals surface area contributed by atoms with Gasteiger partial charge in [0.1, 0.15) is 0 Å². The second-order valence-corrected chi connectivity index (χ2v) is 4.21. The van der Waals surface area contributed by atoms with E-state index in [1.165, 1.54) is 0 Å². The van der Waals surface area contributed by atoms with E-state index >= 15 is 0 Å². The lowest BCUT2D eigenvalue weighted by Gasteiger charge is -2.13. The Morgan fingerprint density at radius 2 is 1.93 bits per heavy atom. The molecule has 0 bridgehead atoms. The Kier molecular flexibility index (Phi) is 4.43. The molecule has 0 N–H and O–H groups in total. The van der Waals surface area contributed by atoms with Gasteiger partial charge in [0.05, 0.1) is 6.10 Å². The van der Waals surface area contributed by atoms with Crippen molar-refractivity contribution in [3.05, 3.63) is 34.9 Å². The van der Waals surface area contributed by atoms with E-state index in [2.05, 4.69) is 0 Å². The number of hydrogen-bond donors (Lipinski definition) is 0. The van der Waals surface area contributed by atoms with E-state index in [1.54, 1.807) is 38.1 Å². The highest BCUT2D eigenvalue weighted by Gasteiger charge is 2.22. The van der Waals surface area contributed by atoms with E-state index in [1.807, 2.05) is 0 Å². The molecule has 0 aliphatic carbocycles. The van der Waals surface area contributed by atoms with Gasteiger partial charge >= 0.3 is 5.97 Å². The number of rotatable bonds is 3. The molecule has 82 valence electrons. The maximum Gasteiger partial charge on any atom is 0.328 e. The summed E-state index contributed by atoms with van der Waals surface area (Å²) < 4.78 is 4.99. The summed E-state index contributed by atoms with van der Waals surface area (Å²) in [5, 5.41) is -0.376. The quantitative estimate of drug-likeness (QED) is 0.602. The van der Waals surface area contributed by atoms with Crippen LogP contribution in [0.3, 0.4) is 0 Å². The Morgan fingerprint density at radius 1 is 1.33 bits per heavy atom. The fraction of sp³-hybridized carbons (Fsp3) is 0.364. The lowest BCUT2D eigenvalue weighted by Crippen LogP contribution is -2.16. The first kappa shape index (κ1) is 12.3. The molecule has 0 saturated carbocycles. The molecule has 15 heavy (non-hydrogen) atoms. The van der Waals surface area contributed by atoms with E-state index < -0.39 is 11.3 Å². The van der Waals surface area contributed by atoms with Crippen LogP contribution in [0.15, 0.2) is 24.3 Å². The van der Waals surface area contributed by atoms with E-state index in [4.69, 9.17) is 27.9 Å². The smallest absolute Gasteiger partial charge is 0.328 e. The van der Waals surface area contributed by atoms with Crippen LogP contribution in [0.4, 0.5) is 0 Å². The molecule has 0 amide bonds. The lowest BCUT2D eigenvalue weighted by molar-refractivity contribution is -0.147. The number of carbonyl (C=O) groups excluding carboxylic acids is 1. The Morgan fingerprint density at radius 3 is 2.47 bits per heavy atom. The third-order valence-electron chi connectivity index (χ3n) is 1.74. The molecule has 2 nitrogen and oxygen atoms in total. The first-order valence-corrected chi connectivity index (χ1v) is 5.42. The summed E-state index contributed by atoms with van der Waals surface area (Å²) in [5.41, 5.74) is 0.575. The number of ether oxygens (including phenoxy) is 1. The van der Waals surface area contributed by atoms with Crippen molar-refractivity contribution in [3.8, 4) is 0 Å². The fourth-order valence-corrected chi connectivity index (χ4v) is 1.64. The molecular formula is C11H12Cl2O2. The van der Waals surface area contributed by atoms with Crippen LogP contribution in [0, 0.1) is 0 Å². The van der Waals surface area contributed by atoms with Gasteiger partial charge in [0.2, 0.25) is 0 Å². The highest BCUT2D eigenvalue weighted by Crippen LogP contribution is 2.28. The summed E-state index contributed by atoms with van der Waals surface area (Å²) in [6, 6.07) is 6.96. The highest BCUT2D eigenvalue weighted by molar-refractivity contribution is 6.35. The Labute approximate surface area is 99.1 Å². The summed E-state index contributed by atoms with van der Waals surface area (Å²) in [6.45, 7) is 3.54. The maximum atomic E-state index is 11.5. The molecule has 1 atom stereocenters. The van der Waals surface area contributed by atoms with Gasteiger partial charge in [0.25, 0.3) is 0 Å². The minimum Gasteiger partial charge on any atom is -0.462 e. The Bertz CT molecular complexity index is 350. The first-order valence-electron chi connectivity index (χ1n) is 4.61. The van der Waals surface area contributed by atoms with Crippen LogP contribution in [-0.4, -0.2) is 12.1 Å². The minimum atomic E-state index is -0.846. The third-order valence-corrected chi connectivity index (χ3v) is 2.49. The van der Waals surface area contributed by atoms with Gasteiger partial charge in [0.15, 0.2) is 5.38 Å². The number of benzene rings is 1.